The molecule has 0 saturated carbocycles. The highest BCUT2D eigenvalue weighted by Gasteiger charge is 2.31. The van der Waals surface area contributed by atoms with E-state index < -0.39 is 17.4 Å². The monoisotopic (exact) mass is 404 g/mol. The van der Waals surface area contributed by atoms with Gasteiger partial charge in [-0.3, -0.25) is 9.79 Å². The minimum Gasteiger partial charge on any atom is -0.502 e. The van der Waals surface area contributed by atoms with Crippen molar-refractivity contribution < 1.29 is 19.4 Å². The van der Waals surface area contributed by atoms with E-state index in [4.69, 9.17) is 27.6 Å². The fourth-order valence-corrected chi connectivity index (χ4v) is 2.87. The van der Waals surface area contributed by atoms with Crippen molar-refractivity contribution in [2.24, 2.45) is 4.99 Å². The number of fused-ring (bicyclic) bond motifs is 2. The Kier molecular flexibility index (Phi) is 5.12. The summed E-state index contributed by atoms with van der Waals surface area (Å²) in [6, 6.07) is 4.61. The maximum absolute atomic E-state index is 12.8. The highest BCUT2D eigenvalue weighted by Crippen LogP contribution is 2.48. The predicted molar refractivity (Wildman–Crippen MR) is 107 cm³/mol. The Labute approximate surface area is 164 Å². The zero-order chi connectivity index (χ0) is 19.7. The summed E-state index contributed by atoms with van der Waals surface area (Å²) in [7, 11) is 0. The number of carbonyl (C=O) groups excluding carboxylic acids is 1. The second-order valence-electron chi connectivity index (χ2n) is 5.54. The number of rotatable bonds is 5. The molecule has 1 amide bonds. The van der Waals surface area contributed by atoms with Gasteiger partial charge in [-0.2, -0.15) is 0 Å². The van der Waals surface area contributed by atoms with E-state index in [1.807, 2.05) is 0 Å². The molecular weight excluding hydrogens is 391 g/mol. The first-order chi connectivity index (χ1) is 12.8. The van der Waals surface area contributed by atoms with Gasteiger partial charge in [-0.05, 0) is 36.8 Å². The largest absolute Gasteiger partial charge is 0.502 e. The molecule has 8 heteroatoms. The lowest BCUT2D eigenvalue weighted by molar-refractivity contribution is 0.102. The molecule has 0 aliphatic heterocycles. The third kappa shape index (κ3) is 3.37. The molecule has 2 aromatic heterocycles. The van der Waals surface area contributed by atoms with Gasteiger partial charge < -0.3 is 19.9 Å². The van der Waals surface area contributed by atoms with Crippen LogP contribution in [0.1, 0.15) is 22.8 Å². The minimum absolute atomic E-state index is 0.0306. The Morgan fingerprint density at radius 1 is 1.19 bits per heavy atom. The number of phenols is 2. The second-order valence-corrected chi connectivity index (χ2v) is 6.35. The van der Waals surface area contributed by atoms with Gasteiger partial charge in [0.2, 0.25) is 11.5 Å². The zero-order valence-corrected chi connectivity index (χ0v) is 15.6. The average Bonchev–Trinajstić information content (AvgIpc) is 3.15. The number of allylic oxidation sites excluding steroid dienone is 2. The molecule has 0 aliphatic carbocycles. The summed E-state index contributed by atoms with van der Waals surface area (Å²) in [5, 5.41) is 23.3. The summed E-state index contributed by atoms with van der Waals surface area (Å²) >= 11 is 11.8. The van der Waals surface area contributed by atoms with Gasteiger partial charge in [0.1, 0.15) is 0 Å². The van der Waals surface area contributed by atoms with Crippen molar-refractivity contribution in [1.82, 2.24) is 0 Å². The number of nitrogens with zero attached hydrogens (tertiary/aromatic N) is 1. The van der Waals surface area contributed by atoms with Crippen LogP contribution < -0.4 is 5.32 Å². The molecular formula is C19H14Cl2N2O4. The lowest BCUT2D eigenvalue weighted by Gasteiger charge is -2.09. The smallest absolute Gasteiger partial charge is 0.260 e. The quantitative estimate of drug-likeness (QED) is 0.299. The number of anilines is 1. The third-order valence-electron chi connectivity index (χ3n) is 3.80. The number of furan rings is 2. The second kappa shape index (κ2) is 7.34. The number of aliphatic imine (C=N–C) groups is 1. The van der Waals surface area contributed by atoms with E-state index >= 15 is 0 Å². The predicted octanol–water partition coefficient (Wildman–Crippen LogP) is 5.46. The van der Waals surface area contributed by atoms with Crippen molar-refractivity contribution >= 4 is 57.8 Å². The van der Waals surface area contributed by atoms with Gasteiger partial charge in [-0.25, -0.2) is 0 Å². The van der Waals surface area contributed by atoms with Crippen LogP contribution >= 0.6 is 23.2 Å². The van der Waals surface area contributed by atoms with Crippen molar-refractivity contribution in [3.63, 3.8) is 0 Å². The lowest BCUT2D eigenvalue weighted by Crippen LogP contribution is -2.13. The van der Waals surface area contributed by atoms with Crippen LogP contribution in [-0.2, 0) is 0 Å². The summed E-state index contributed by atoms with van der Waals surface area (Å²) in [5.74, 6) is -1.52. The summed E-state index contributed by atoms with van der Waals surface area (Å²) < 4.78 is 5.40. The molecule has 6 nitrogen and oxygen atoms in total. The van der Waals surface area contributed by atoms with Crippen LogP contribution in [0.4, 0.5) is 5.69 Å². The first kappa shape index (κ1) is 18.8. The third-order valence-corrected chi connectivity index (χ3v) is 4.54. The molecule has 138 valence electrons. The minimum atomic E-state index is -0.569. The SMILES string of the molecule is C=C(/C=C\N=C/C)c1c(C(=O)Nc2ccc(Cl)c(Cl)c2)c2oc1c(O)c2O. The highest BCUT2D eigenvalue weighted by molar-refractivity contribution is 6.42. The van der Waals surface area contributed by atoms with Gasteiger partial charge in [0.05, 0.1) is 15.6 Å². The Morgan fingerprint density at radius 2 is 1.85 bits per heavy atom. The zero-order valence-electron chi connectivity index (χ0n) is 14.1. The molecule has 3 rings (SSSR count). The maximum atomic E-state index is 12.8. The molecule has 0 saturated heterocycles. The maximum Gasteiger partial charge on any atom is 0.260 e. The van der Waals surface area contributed by atoms with E-state index in [1.54, 1.807) is 31.3 Å². The van der Waals surface area contributed by atoms with Gasteiger partial charge in [-0.1, -0.05) is 29.8 Å². The molecule has 0 fully saturated rings. The number of amides is 1. The molecule has 0 aliphatic rings. The standard InChI is InChI=1S/C19H14Cl2N2O4/c1-3-22-7-6-9(2)13-14(18-16(25)15(24)17(13)27-18)19(26)23-10-4-5-11(20)12(21)8-10/h3-8,24-25H,2H2,1H3,(H,23,26)/b7-6-,22-3-. The van der Waals surface area contributed by atoms with Crippen molar-refractivity contribution in [3.05, 3.63) is 58.2 Å². The first-order valence-corrected chi connectivity index (χ1v) is 8.50. The van der Waals surface area contributed by atoms with E-state index in [9.17, 15) is 15.0 Å². The van der Waals surface area contributed by atoms with E-state index in [-0.39, 0.29) is 27.3 Å². The number of carbonyl (C=O) groups is 1. The van der Waals surface area contributed by atoms with Gasteiger partial charge in [0.15, 0.2) is 11.2 Å². The van der Waals surface area contributed by atoms with Gasteiger partial charge in [-0.15, -0.1) is 0 Å². The van der Waals surface area contributed by atoms with Crippen molar-refractivity contribution in [2.75, 3.05) is 5.32 Å². The molecule has 1 aromatic carbocycles. The van der Waals surface area contributed by atoms with Crippen LogP contribution in [0.3, 0.4) is 0 Å². The number of hydrogen-bond donors (Lipinski definition) is 3. The number of aromatic hydroxyl groups is 2. The normalized spacial score (nSPS) is 11.8. The molecule has 0 atom stereocenters. The number of benzene rings is 2. The number of hydrogen-bond acceptors (Lipinski definition) is 5. The van der Waals surface area contributed by atoms with E-state index in [2.05, 4.69) is 16.9 Å². The Bertz CT molecular complexity index is 1100. The van der Waals surface area contributed by atoms with Crippen LogP contribution in [0.5, 0.6) is 11.5 Å². The van der Waals surface area contributed by atoms with E-state index in [1.165, 1.54) is 12.3 Å². The molecule has 2 bridgehead atoms. The van der Waals surface area contributed by atoms with Crippen molar-refractivity contribution in [2.45, 2.75) is 6.92 Å². The summed E-state index contributed by atoms with van der Waals surface area (Å²) in [5.41, 5.74) is 0.922. The van der Waals surface area contributed by atoms with E-state index in [0.717, 1.165) is 0 Å². The van der Waals surface area contributed by atoms with Crippen LogP contribution in [0, 0.1) is 0 Å². The fourth-order valence-electron chi connectivity index (χ4n) is 2.57. The Morgan fingerprint density at radius 3 is 2.48 bits per heavy atom. The molecule has 0 unspecified atom stereocenters. The van der Waals surface area contributed by atoms with Crippen molar-refractivity contribution in [1.29, 1.82) is 0 Å². The highest BCUT2D eigenvalue weighted by atomic mass is 35.5. The van der Waals surface area contributed by atoms with Crippen molar-refractivity contribution in [3.8, 4) is 11.5 Å². The fraction of sp³-hybridized carbons (Fsp3) is 0.0526. The summed E-state index contributed by atoms with van der Waals surface area (Å²) in [6.45, 7) is 5.64. The number of phenolic OH excluding ortho intramolecular Hbond substituents is 2. The lowest BCUT2D eigenvalue weighted by atomic mass is 9.99. The van der Waals surface area contributed by atoms with Gasteiger partial charge in [0, 0.05) is 23.7 Å². The summed E-state index contributed by atoms with van der Waals surface area (Å²) in [4.78, 5) is 16.8. The summed E-state index contributed by atoms with van der Waals surface area (Å²) in [6.07, 6.45) is 4.63. The molecule has 0 radical (unpaired) electrons. The van der Waals surface area contributed by atoms with Crippen LogP contribution in [0.15, 0.2) is 46.5 Å². The molecule has 3 aromatic rings. The number of nitrogens with one attached hydrogen (secondary N) is 1. The molecule has 0 spiro atoms. The Balaban J connectivity index is 2.04. The molecule has 2 heterocycles. The van der Waals surface area contributed by atoms with Crippen LogP contribution in [-0.4, -0.2) is 22.3 Å². The van der Waals surface area contributed by atoms with Crippen LogP contribution in [0.25, 0.3) is 16.7 Å². The van der Waals surface area contributed by atoms with Gasteiger partial charge >= 0.3 is 0 Å². The van der Waals surface area contributed by atoms with Crippen LogP contribution in [0.2, 0.25) is 10.0 Å². The topological polar surface area (TPSA) is 95.1 Å². The Hall–Kier alpha value is -2.96. The van der Waals surface area contributed by atoms with E-state index in [0.29, 0.717) is 16.3 Å². The molecule has 3 N–H and O–H groups in total. The average molecular weight is 405 g/mol. The first-order valence-electron chi connectivity index (χ1n) is 7.74. The van der Waals surface area contributed by atoms with Gasteiger partial charge in [0.25, 0.3) is 5.91 Å². The number of halogens is 2. The molecule has 27 heavy (non-hydrogen) atoms.